The number of rotatable bonds is 7. The van der Waals surface area contributed by atoms with E-state index in [1.165, 1.54) is 15.4 Å². The lowest BCUT2D eigenvalue weighted by atomic mass is 9.99. The zero-order chi connectivity index (χ0) is 30.1. The van der Waals surface area contributed by atoms with Crippen LogP contribution in [0.4, 0.5) is 10.2 Å². The molecule has 0 aliphatic carbocycles. The van der Waals surface area contributed by atoms with Crippen molar-refractivity contribution in [3.05, 3.63) is 47.3 Å². The lowest BCUT2D eigenvalue weighted by Crippen LogP contribution is -2.55. The van der Waals surface area contributed by atoms with E-state index < -0.39 is 17.8 Å². The summed E-state index contributed by atoms with van der Waals surface area (Å²) < 4.78 is 20.0. The van der Waals surface area contributed by atoms with Crippen LogP contribution >= 0.6 is 23.4 Å². The van der Waals surface area contributed by atoms with Gasteiger partial charge in [0.1, 0.15) is 12.4 Å². The van der Waals surface area contributed by atoms with Gasteiger partial charge in [-0.1, -0.05) is 30.3 Å². The van der Waals surface area contributed by atoms with Gasteiger partial charge in [0.25, 0.3) is 5.91 Å². The summed E-state index contributed by atoms with van der Waals surface area (Å²) in [6, 6.07) is 10.1. The third kappa shape index (κ3) is 6.01. The summed E-state index contributed by atoms with van der Waals surface area (Å²) in [6.07, 6.45) is 4.25. The highest BCUT2D eigenvalue weighted by Crippen LogP contribution is 2.40. The lowest BCUT2D eigenvalue weighted by Gasteiger charge is -2.41. The van der Waals surface area contributed by atoms with Crippen molar-refractivity contribution >= 4 is 46.1 Å². The second-order valence-corrected chi connectivity index (χ2v) is 12.8. The van der Waals surface area contributed by atoms with E-state index in [0.29, 0.717) is 40.7 Å². The summed E-state index contributed by atoms with van der Waals surface area (Å²) in [5, 5.41) is 10.6. The Labute approximate surface area is 259 Å². The molecule has 3 aliphatic heterocycles. The van der Waals surface area contributed by atoms with Crippen LogP contribution in [0, 0.1) is 11.3 Å². The average molecular weight is 622 g/mol. The van der Waals surface area contributed by atoms with E-state index in [2.05, 4.69) is 36.7 Å². The molecule has 9 nitrogen and oxygen atoms in total. The van der Waals surface area contributed by atoms with Gasteiger partial charge in [-0.3, -0.25) is 4.79 Å². The zero-order valence-electron chi connectivity index (χ0n) is 24.1. The third-order valence-corrected chi connectivity index (χ3v) is 9.97. The molecule has 224 valence electrons. The fraction of sp³-hybridized carbons (Fsp3) is 0.452. The van der Waals surface area contributed by atoms with Gasteiger partial charge in [-0.15, -0.1) is 11.8 Å². The number of likely N-dealkylation sites (tertiary alicyclic amines) is 1. The molecule has 2 fully saturated rings. The van der Waals surface area contributed by atoms with Crippen molar-refractivity contribution in [1.82, 2.24) is 24.8 Å². The fourth-order valence-corrected chi connectivity index (χ4v) is 7.54. The molecule has 3 aliphatic rings. The van der Waals surface area contributed by atoms with Crippen LogP contribution in [0.2, 0.25) is 5.02 Å². The van der Waals surface area contributed by atoms with Crippen LogP contribution in [-0.4, -0.2) is 88.3 Å². The molecule has 1 amide bonds. The standard InChI is InChI=1S/C31H33ClFN7O2S/c1-19(33)30(41)40-14-13-39(17-20(40)10-11-34)29-24-16-25(32)27(23-7-3-9-26-22(23)8-5-15-43-26)35-28(24)36-31(37-29)42-18-21-6-4-12-38(21)2/h3,7,9,16,20-21H,1,4-6,8,10,12-15,17-18H2,2H3/t20-,21-/m0/s1. The largest absolute Gasteiger partial charge is 0.462 e. The van der Waals surface area contributed by atoms with Crippen LogP contribution in [0.25, 0.3) is 22.3 Å². The van der Waals surface area contributed by atoms with E-state index in [1.807, 2.05) is 28.8 Å². The molecule has 0 radical (unpaired) electrons. The summed E-state index contributed by atoms with van der Waals surface area (Å²) in [5.41, 5.74) is 3.36. The van der Waals surface area contributed by atoms with Gasteiger partial charge in [-0.05, 0) is 62.7 Å². The molecule has 43 heavy (non-hydrogen) atoms. The van der Waals surface area contributed by atoms with Gasteiger partial charge in [0.2, 0.25) is 0 Å². The molecule has 2 saturated heterocycles. The summed E-state index contributed by atoms with van der Waals surface area (Å²) in [5.74, 6) is -0.189. The van der Waals surface area contributed by atoms with Gasteiger partial charge in [0.05, 0.1) is 34.6 Å². The van der Waals surface area contributed by atoms with Crippen LogP contribution < -0.4 is 9.64 Å². The van der Waals surface area contributed by atoms with E-state index in [9.17, 15) is 14.4 Å². The maximum absolute atomic E-state index is 13.8. The molecule has 5 heterocycles. The highest BCUT2D eigenvalue weighted by atomic mass is 35.5. The number of nitrogens with zero attached hydrogens (tertiary/aromatic N) is 7. The van der Waals surface area contributed by atoms with Gasteiger partial charge < -0.3 is 19.4 Å². The van der Waals surface area contributed by atoms with Crippen LogP contribution in [0.3, 0.4) is 0 Å². The molecule has 0 spiro atoms. The average Bonchev–Trinajstić information content (AvgIpc) is 3.43. The number of carbonyl (C=O) groups excluding carboxylic acids is 1. The number of likely N-dealkylation sites (N-methyl/N-ethyl adjacent to an activating group) is 1. The Bertz CT molecular complexity index is 1620. The van der Waals surface area contributed by atoms with Gasteiger partial charge in [-0.25, -0.2) is 9.37 Å². The number of carbonyl (C=O) groups is 1. The number of thioether (sulfide) groups is 1. The molecular formula is C31H33ClFN7O2S. The Balaban J connectivity index is 1.41. The van der Waals surface area contributed by atoms with Crippen LogP contribution in [0.15, 0.2) is 41.6 Å². The summed E-state index contributed by atoms with van der Waals surface area (Å²) in [4.78, 5) is 33.9. The van der Waals surface area contributed by atoms with E-state index in [-0.39, 0.29) is 31.6 Å². The first-order chi connectivity index (χ1) is 20.8. The Morgan fingerprint density at radius 2 is 2.09 bits per heavy atom. The molecular weight excluding hydrogens is 589 g/mol. The summed E-state index contributed by atoms with van der Waals surface area (Å²) in [6.45, 7) is 5.47. The number of hydrogen-bond acceptors (Lipinski definition) is 9. The van der Waals surface area contributed by atoms with Crippen molar-refractivity contribution in [2.24, 2.45) is 0 Å². The van der Waals surface area contributed by atoms with Crippen LogP contribution in [0.1, 0.15) is 31.2 Å². The minimum absolute atomic E-state index is 0.0379. The maximum atomic E-state index is 13.8. The van der Waals surface area contributed by atoms with Gasteiger partial charge in [-0.2, -0.15) is 15.2 Å². The number of piperazine rings is 1. The smallest absolute Gasteiger partial charge is 0.320 e. The molecule has 0 N–H and O–H groups in total. The van der Waals surface area contributed by atoms with Gasteiger partial charge in [0, 0.05) is 36.1 Å². The predicted molar refractivity (Wildman–Crippen MR) is 166 cm³/mol. The minimum Gasteiger partial charge on any atom is -0.462 e. The quantitative estimate of drug-likeness (QED) is 0.327. The topological polar surface area (TPSA) is 98.5 Å². The second-order valence-electron chi connectivity index (χ2n) is 11.2. The van der Waals surface area contributed by atoms with Gasteiger partial charge >= 0.3 is 6.01 Å². The van der Waals surface area contributed by atoms with E-state index in [4.69, 9.17) is 31.3 Å². The number of hydrogen-bond donors (Lipinski definition) is 0. The second kappa shape index (κ2) is 12.6. The number of aromatic nitrogens is 3. The van der Waals surface area contributed by atoms with Crippen molar-refractivity contribution in [2.45, 2.75) is 49.1 Å². The van der Waals surface area contributed by atoms with Crippen molar-refractivity contribution in [3.63, 3.8) is 0 Å². The predicted octanol–water partition coefficient (Wildman–Crippen LogP) is 5.27. The van der Waals surface area contributed by atoms with Crippen molar-refractivity contribution < 1.29 is 13.9 Å². The minimum atomic E-state index is -1.04. The Morgan fingerprint density at radius 3 is 2.86 bits per heavy atom. The van der Waals surface area contributed by atoms with Crippen molar-refractivity contribution in [1.29, 1.82) is 5.26 Å². The number of benzene rings is 1. The first-order valence-corrected chi connectivity index (χ1v) is 15.9. The number of nitriles is 1. The number of ether oxygens (including phenoxy) is 1. The van der Waals surface area contributed by atoms with Crippen molar-refractivity contribution in [3.8, 4) is 23.3 Å². The number of pyridine rings is 1. The zero-order valence-corrected chi connectivity index (χ0v) is 25.6. The summed E-state index contributed by atoms with van der Waals surface area (Å²) >= 11 is 8.80. The molecule has 6 rings (SSSR count). The van der Waals surface area contributed by atoms with Crippen LogP contribution in [-0.2, 0) is 11.2 Å². The van der Waals surface area contributed by atoms with Crippen molar-refractivity contribution in [2.75, 3.05) is 50.5 Å². The van der Waals surface area contributed by atoms with E-state index in [1.54, 1.807) is 0 Å². The Morgan fingerprint density at radius 1 is 1.23 bits per heavy atom. The Kier molecular flexibility index (Phi) is 8.71. The normalized spacial score (nSPS) is 20.6. The number of amides is 1. The molecule has 3 aromatic rings. The van der Waals surface area contributed by atoms with Gasteiger partial charge in [0.15, 0.2) is 11.5 Å². The first-order valence-electron chi connectivity index (χ1n) is 14.6. The maximum Gasteiger partial charge on any atom is 0.320 e. The Hall–Kier alpha value is -3.46. The van der Waals surface area contributed by atoms with E-state index in [0.717, 1.165) is 43.5 Å². The molecule has 0 saturated carbocycles. The highest BCUT2D eigenvalue weighted by molar-refractivity contribution is 7.99. The SMILES string of the molecule is C=C(F)C(=O)N1CCN(c2nc(OC[C@@H]3CCCN3C)nc3nc(-c4cccc5c4CCCS5)c(Cl)cc23)C[C@@H]1CC#N. The third-order valence-electron chi connectivity index (χ3n) is 8.50. The molecule has 2 aromatic heterocycles. The monoisotopic (exact) mass is 621 g/mol. The highest BCUT2D eigenvalue weighted by Gasteiger charge is 2.34. The molecule has 12 heteroatoms. The molecule has 1 aromatic carbocycles. The fourth-order valence-electron chi connectivity index (χ4n) is 6.21. The molecule has 0 bridgehead atoms. The first kappa shape index (κ1) is 29.6. The molecule has 2 atom stereocenters. The van der Waals surface area contributed by atoms with E-state index >= 15 is 0 Å². The number of anilines is 1. The number of fused-ring (bicyclic) bond motifs is 2. The summed E-state index contributed by atoms with van der Waals surface area (Å²) in [7, 11) is 2.09. The number of halogens is 2. The molecule has 0 unspecified atom stereocenters. The lowest BCUT2D eigenvalue weighted by molar-refractivity contribution is -0.131. The van der Waals surface area contributed by atoms with Crippen LogP contribution in [0.5, 0.6) is 6.01 Å².